The molecule has 2 aliphatic heterocycles. The van der Waals surface area contributed by atoms with Gasteiger partial charge in [-0.1, -0.05) is 0 Å². The Morgan fingerprint density at radius 3 is 2.61 bits per heavy atom. The Bertz CT molecular complexity index is 1150. The first kappa shape index (κ1) is 18.6. The Morgan fingerprint density at radius 2 is 1.93 bits per heavy atom. The quantitative estimate of drug-likeness (QED) is 0.773. The van der Waals surface area contributed by atoms with E-state index in [-0.39, 0.29) is 23.9 Å². The molecule has 3 heterocycles. The summed E-state index contributed by atoms with van der Waals surface area (Å²) in [6, 6.07) is 10.2. The largest absolute Gasteiger partial charge is 0.325 e. The van der Waals surface area contributed by atoms with E-state index in [4.69, 9.17) is 5.26 Å². The number of hydrogen-bond acceptors (Lipinski definition) is 5. The van der Waals surface area contributed by atoms with Crippen LogP contribution in [0.3, 0.4) is 0 Å². The van der Waals surface area contributed by atoms with Crippen molar-refractivity contribution < 1.29 is 13.2 Å². The number of hydrogen-bond donors (Lipinski definition) is 0. The van der Waals surface area contributed by atoms with Gasteiger partial charge in [-0.25, -0.2) is 8.42 Å². The molecule has 0 bridgehead atoms. The Morgan fingerprint density at radius 1 is 1.18 bits per heavy atom. The molecule has 0 aliphatic carbocycles. The summed E-state index contributed by atoms with van der Waals surface area (Å²) in [6.45, 7) is 6.08. The van der Waals surface area contributed by atoms with Gasteiger partial charge >= 0.3 is 0 Å². The molecule has 1 fully saturated rings. The molecule has 1 unspecified atom stereocenters. The fourth-order valence-electron chi connectivity index (χ4n) is 4.13. The van der Waals surface area contributed by atoms with Gasteiger partial charge in [0.2, 0.25) is 10.0 Å². The van der Waals surface area contributed by atoms with Gasteiger partial charge in [0, 0.05) is 25.3 Å². The molecule has 2 aromatic rings. The van der Waals surface area contributed by atoms with E-state index in [9.17, 15) is 13.2 Å². The number of nitrogens with zero attached hydrogens (tertiary/aromatic N) is 4. The van der Waals surface area contributed by atoms with Crippen molar-refractivity contribution in [2.45, 2.75) is 31.2 Å². The Hall–Kier alpha value is -2.76. The number of aryl methyl sites for hydroxylation is 2. The van der Waals surface area contributed by atoms with Gasteiger partial charge in [-0.3, -0.25) is 9.78 Å². The van der Waals surface area contributed by atoms with Crippen molar-refractivity contribution in [3.05, 3.63) is 58.4 Å². The summed E-state index contributed by atoms with van der Waals surface area (Å²) in [4.78, 5) is 19.3. The molecule has 4 rings (SSSR count). The molecular weight excluding hydrogens is 376 g/mol. The van der Waals surface area contributed by atoms with Gasteiger partial charge in [0.05, 0.1) is 33.3 Å². The zero-order valence-corrected chi connectivity index (χ0v) is 16.7. The highest BCUT2D eigenvalue weighted by atomic mass is 32.2. The summed E-state index contributed by atoms with van der Waals surface area (Å²) in [5, 5.41) is 9.03. The van der Waals surface area contributed by atoms with Crippen LogP contribution in [0.2, 0.25) is 0 Å². The van der Waals surface area contributed by atoms with E-state index in [0.29, 0.717) is 28.9 Å². The first-order chi connectivity index (χ1) is 13.2. The van der Waals surface area contributed by atoms with Crippen LogP contribution in [-0.2, 0) is 15.6 Å². The number of carbonyl (C=O) groups is 1. The second kappa shape index (κ2) is 6.12. The third-order valence-electron chi connectivity index (χ3n) is 5.60. The van der Waals surface area contributed by atoms with Crippen LogP contribution in [0.1, 0.15) is 39.8 Å². The van der Waals surface area contributed by atoms with Gasteiger partial charge in [-0.2, -0.15) is 9.57 Å². The molecule has 1 amide bonds. The minimum absolute atomic E-state index is 0.100. The highest BCUT2D eigenvalue weighted by molar-refractivity contribution is 7.89. The second-order valence-corrected chi connectivity index (χ2v) is 9.42. The standard InChI is InChI=1S/C20H20N4O3S/c1-13-10-15(11-21)5-7-17(13)28(26,27)23-8-9-24-19(25)16-6-4-14(2)22-18(16)20(24,3)12-23/h4-7,10H,8-9,12H2,1-3H3. The number of benzene rings is 1. The van der Waals surface area contributed by atoms with Crippen molar-refractivity contribution in [2.24, 2.45) is 0 Å². The number of carbonyl (C=O) groups excluding carboxylic acids is 1. The molecule has 144 valence electrons. The lowest BCUT2D eigenvalue weighted by atomic mass is 9.95. The molecule has 0 N–H and O–H groups in total. The number of sulfonamides is 1. The van der Waals surface area contributed by atoms with E-state index >= 15 is 0 Å². The number of nitriles is 1. The molecule has 1 atom stereocenters. The highest BCUT2D eigenvalue weighted by Gasteiger charge is 2.52. The third-order valence-corrected chi connectivity index (χ3v) is 7.60. The molecular formula is C20H20N4O3S. The molecule has 2 aliphatic rings. The number of pyridine rings is 1. The zero-order chi connectivity index (χ0) is 20.3. The van der Waals surface area contributed by atoms with E-state index in [1.807, 2.05) is 19.9 Å². The smallest absolute Gasteiger partial charge is 0.256 e. The van der Waals surface area contributed by atoms with E-state index in [1.54, 1.807) is 30.0 Å². The molecule has 0 saturated carbocycles. The molecule has 1 aromatic carbocycles. The summed E-state index contributed by atoms with van der Waals surface area (Å²) in [6.07, 6.45) is 0. The summed E-state index contributed by atoms with van der Waals surface area (Å²) in [7, 11) is -3.77. The number of amides is 1. The van der Waals surface area contributed by atoms with Crippen LogP contribution in [0.15, 0.2) is 35.2 Å². The highest BCUT2D eigenvalue weighted by Crippen LogP contribution is 2.41. The number of piperazine rings is 1. The number of rotatable bonds is 2. The van der Waals surface area contributed by atoms with E-state index in [2.05, 4.69) is 4.98 Å². The lowest BCUT2D eigenvalue weighted by molar-refractivity contribution is 0.0365. The molecule has 0 radical (unpaired) electrons. The third kappa shape index (κ3) is 2.54. The zero-order valence-electron chi connectivity index (χ0n) is 15.9. The monoisotopic (exact) mass is 396 g/mol. The molecule has 1 aromatic heterocycles. The minimum Gasteiger partial charge on any atom is -0.325 e. The summed E-state index contributed by atoms with van der Waals surface area (Å²) < 4.78 is 28.1. The number of aromatic nitrogens is 1. The maximum atomic E-state index is 13.3. The van der Waals surface area contributed by atoms with E-state index in [0.717, 1.165) is 5.69 Å². The molecule has 0 spiro atoms. The molecule has 8 heteroatoms. The van der Waals surface area contributed by atoms with Crippen molar-refractivity contribution in [1.82, 2.24) is 14.2 Å². The fourth-order valence-corrected chi connectivity index (χ4v) is 5.86. The van der Waals surface area contributed by atoms with Crippen LogP contribution in [0.4, 0.5) is 0 Å². The minimum atomic E-state index is -3.77. The lowest BCUT2D eigenvalue weighted by Crippen LogP contribution is -2.58. The van der Waals surface area contributed by atoms with E-state index in [1.165, 1.54) is 16.4 Å². The van der Waals surface area contributed by atoms with Crippen LogP contribution in [0.25, 0.3) is 0 Å². The van der Waals surface area contributed by atoms with Crippen molar-refractivity contribution in [2.75, 3.05) is 19.6 Å². The van der Waals surface area contributed by atoms with Crippen LogP contribution >= 0.6 is 0 Å². The van der Waals surface area contributed by atoms with Crippen molar-refractivity contribution in [3.8, 4) is 6.07 Å². The van der Waals surface area contributed by atoms with Crippen LogP contribution in [-0.4, -0.2) is 48.1 Å². The molecule has 7 nitrogen and oxygen atoms in total. The van der Waals surface area contributed by atoms with Crippen molar-refractivity contribution in [3.63, 3.8) is 0 Å². The summed E-state index contributed by atoms with van der Waals surface area (Å²) in [5.74, 6) is -0.100. The maximum Gasteiger partial charge on any atom is 0.256 e. The van der Waals surface area contributed by atoms with Crippen LogP contribution in [0, 0.1) is 25.2 Å². The first-order valence-corrected chi connectivity index (χ1v) is 10.4. The first-order valence-electron chi connectivity index (χ1n) is 8.99. The Kier molecular flexibility index (Phi) is 4.07. The van der Waals surface area contributed by atoms with Gasteiger partial charge in [-0.05, 0) is 56.7 Å². The average Bonchev–Trinajstić information content (AvgIpc) is 2.87. The van der Waals surface area contributed by atoms with Gasteiger partial charge in [-0.15, -0.1) is 0 Å². The van der Waals surface area contributed by atoms with Crippen LogP contribution < -0.4 is 0 Å². The normalized spacial score (nSPS) is 21.9. The van der Waals surface area contributed by atoms with Gasteiger partial charge in [0.25, 0.3) is 5.91 Å². The van der Waals surface area contributed by atoms with Gasteiger partial charge in [0.1, 0.15) is 0 Å². The lowest BCUT2D eigenvalue weighted by Gasteiger charge is -2.44. The topological polar surface area (TPSA) is 94.4 Å². The fraction of sp³-hybridized carbons (Fsp3) is 0.350. The van der Waals surface area contributed by atoms with Gasteiger partial charge < -0.3 is 4.90 Å². The van der Waals surface area contributed by atoms with Gasteiger partial charge in [0.15, 0.2) is 0 Å². The Balaban J connectivity index is 1.75. The average molecular weight is 396 g/mol. The van der Waals surface area contributed by atoms with E-state index < -0.39 is 15.6 Å². The van der Waals surface area contributed by atoms with Crippen molar-refractivity contribution >= 4 is 15.9 Å². The number of fused-ring (bicyclic) bond motifs is 3. The SMILES string of the molecule is Cc1ccc2c(n1)C1(C)CN(S(=O)(=O)c3ccc(C#N)cc3C)CCN1C2=O. The predicted octanol–water partition coefficient (Wildman–Crippen LogP) is 1.95. The molecule has 1 saturated heterocycles. The molecule has 28 heavy (non-hydrogen) atoms. The predicted molar refractivity (Wildman–Crippen MR) is 102 cm³/mol. The summed E-state index contributed by atoms with van der Waals surface area (Å²) >= 11 is 0. The second-order valence-electron chi connectivity index (χ2n) is 7.51. The summed E-state index contributed by atoms with van der Waals surface area (Å²) in [5.41, 5.74) is 2.12. The Labute approximate surface area is 164 Å². The maximum absolute atomic E-state index is 13.3. The van der Waals surface area contributed by atoms with Crippen LogP contribution in [0.5, 0.6) is 0 Å². The van der Waals surface area contributed by atoms with Crippen molar-refractivity contribution in [1.29, 1.82) is 5.26 Å².